The monoisotopic (exact) mass is 713 g/mol. The Kier molecular flexibility index (Phi) is 12.1. The van der Waals surface area contributed by atoms with Crippen molar-refractivity contribution in [2.75, 3.05) is 32.1 Å². The lowest BCUT2D eigenvalue weighted by Gasteiger charge is -2.38. The number of benzene rings is 5. The van der Waals surface area contributed by atoms with Crippen molar-refractivity contribution in [3.63, 3.8) is 0 Å². The molecular formula is C44H47N3O6. The molecule has 2 heterocycles. The number of aliphatic hydroxyl groups is 1. The maximum Gasteiger partial charge on any atom is 0.319 e. The van der Waals surface area contributed by atoms with Gasteiger partial charge in [-0.2, -0.15) is 0 Å². The molecule has 274 valence electrons. The van der Waals surface area contributed by atoms with Gasteiger partial charge in [-0.15, -0.1) is 0 Å². The minimum absolute atomic E-state index is 0.00916. The number of carbonyl (C=O) groups excluding carboxylic acids is 1. The molecule has 2 amide bonds. The van der Waals surface area contributed by atoms with Crippen molar-refractivity contribution in [2.45, 2.75) is 57.0 Å². The number of likely N-dealkylation sites (tertiary alicyclic amines) is 1. The Labute approximate surface area is 311 Å². The number of anilines is 1. The SMILES string of the molecule is COC[C@@H]1CCCN1C[C@@H]1C[C@H](c2ccc(CO)cc2)O[C@H](c2ccc(-c3ccccc3CNC(=O)Nc3ccc(Oc4ccccc4)cc3)cc2)O1. The minimum Gasteiger partial charge on any atom is -0.457 e. The predicted octanol–water partition coefficient (Wildman–Crippen LogP) is 8.62. The molecule has 0 radical (unpaired) electrons. The first-order valence-electron chi connectivity index (χ1n) is 18.3. The molecular weight excluding hydrogens is 666 g/mol. The number of para-hydroxylation sites is 1. The molecule has 0 aromatic heterocycles. The highest BCUT2D eigenvalue weighted by molar-refractivity contribution is 5.89. The maximum absolute atomic E-state index is 12.9. The van der Waals surface area contributed by atoms with Crippen LogP contribution in [0.5, 0.6) is 11.5 Å². The van der Waals surface area contributed by atoms with Crippen LogP contribution in [0, 0.1) is 0 Å². The molecule has 2 fully saturated rings. The van der Waals surface area contributed by atoms with Crippen LogP contribution >= 0.6 is 0 Å². The van der Waals surface area contributed by atoms with Crippen LogP contribution in [0.15, 0.2) is 127 Å². The summed E-state index contributed by atoms with van der Waals surface area (Å²) < 4.78 is 24.7. The number of hydrogen-bond acceptors (Lipinski definition) is 7. The Morgan fingerprint density at radius 1 is 0.830 bits per heavy atom. The highest BCUT2D eigenvalue weighted by atomic mass is 16.7. The Hall–Kier alpha value is -5.03. The Balaban J connectivity index is 1.00. The molecule has 2 saturated heterocycles. The number of ether oxygens (including phenoxy) is 4. The van der Waals surface area contributed by atoms with Crippen LogP contribution in [0.3, 0.4) is 0 Å². The van der Waals surface area contributed by atoms with Gasteiger partial charge >= 0.3 is 6.03 Å². The van der Waals surface area contributed by atoms with Gasteiger partial charge in [0.1, 0.15) is 11.5 Å². The van der Waals surface area contributed by atoms with Crippen molar-refractivity contribution >= 4 is 11.7 Å². The number of nitrogens with zero attached hydrogens (tertiary/aromatic N) is 1. The normalized spacial score (nSPS) is 20.2. The topological polar surface area (TPSA) is 102 Å². The fourth-order valence-electron chi connectivity index (χ4n) is 7.17. The molecule has 0 aliphatic carbocycles. The van der Waals surface area contributed by atoms with Gasteiger partial charge in [-0.05, 0) is 83.6 Å². The molecule has 3 N–H and O–H groups in total. The molecule has 5 aromatic carbocycles. The van der Waals surface area contributed by atoms with Crippen molar-refractivity contribution in [2.24, 2.45) is 0 Å². The standard InChI is InChI=1S/C44H47N3O6/c1-50-30-37-9-7-25-47(37)28-40-26-42(33-15-13-31(29-48)14-16-33)53-43(52-40)34-19-17-32(18-20-34)41-12-6-5-8-35(41)27-45-44(49)46-36-21-23-39(24-22-36)51-38-10-3-2-4-11-38/h2-6,8,10-24,37,40,42-43,48H,7,9,25-30H2,1H3,(H2,45,46,49)/t37-,40-,42+,43+/m0/s1. The number of methoxy groups -OCH3 is 1. The molecule has 0 bridgehead atoms. The van der Waals surface area contributed by atoms with Gasteiger partial charge < -0.3 is 34.7 Å². The summed E-state index contributed by atoms with van der Waals surface area (Å²) in [5.41, 5.74) is 6.62. The van der Waals surface area contributed by atoms with Gasteiger partial charge in [-0.3, -0.25) is 4.90 Å². The molecule has 0 saturated carbocycles. The van der Waals surface area contributed by atoms with Crippen molar-refractivity contribution in [1.29, 1.82) is 0 Å². The molecule has 2 aliphatic heterocycles. The fraction of sp³-hybridized carbons (Fsp3) is 0.295. The zero-order valence-electron chi connectivity index (χ0n) is 30.0. The molecule has 9 heteroatoms. The molecule has 53 heavy (non-hydrogen) atoms. The van der Waals surface area contributed by atoms with Gasteiger partial charge in [-0.1, -0.05) is 91.0 Å². The van der Waals surface area contributed by atoms with Gasteiger partial charge in [0.15, 0.2) is 6.29 Å². The third kappa shape index (κ3) is 9.50. The predicted molar refractivity (Wildman–Crippen MR) is 206 cm³/mol. The van der Waals surface area contributed by atoms with E-state index in [1.165, 1.54) is 0 Å². The highest BCUT2D eigenvalue weighted by Crippen LogP contribution is 2.39. The van der Waals surface area contributed by atoms with Crippen molar-refractivity contribution < 1.29 is 28.8 Å². The highest BCUT2D eigenvalue weighted by Gasteiger charge is 2.35. The fourth-order valence-corrected chi connectivity index (χ4v) is 7.17. The second-order valence-corrected chi connectivity index (χ2v) is 13.6. The molecule has 9 nitrogen and oxygen atoms in total. The quantitative estimate of drug-likeness (QED) is 0.112. The zero-order chi connectivity index (χ0) is 36.4. The van der Waals surface area contributed by atoms with Gasteiger partial charge in [0.2, 0.25) is 0 Å². The maximum atomic E-state index is 12.9. The summed E-state index contributed by atoms with van der Waals surface area (Å²) in [4.78, 5) is 15.4. The van der Waals surface area contributed by atoms with Gasteiger partial charge in [-0.25, -0.2) is 4.79 Å². The van der Waals surface area contributed by atoms with E-state index in [2.05, 4.69) is 45.9 Å². The lowest BCUT2D eigenvalue weighted by Crippen LogP contribution is -2.42. The molecule has 0 spiro atoms. The van der Waals surface area contributed by atoms with E-state index in [9.17, 15) is 9.90 Å². The van der Waals surface area contributed by atoms with E-state index in [-0.39, 0.29) is 24.8 Å². The Bertz CT molecular complexity index is 1900. The summed E-state index contributed by atoms with van der Waals surface area (Å²) in [5, 5.41) is 15.5. The average molecular weight is 714 g/mol. The molecule has 4 atom stereocenters. The average Bonchev–Trinajstić information content (AvgIpc) is 3.64. The van der Waals surface area contributed by atoms with E-state index in [0.29, 0.717) is 24.0 Å². The van der Waals surface area contributed by atoms with E-state index in [1.807, 2.05) is 97.1 Å². The van der Waals surface area contributed by atoms with Crippen LogP contribution in [0.25, 0.3) is 11.1 Å². The van der Waals surface area contributed by atoms with Crippen LogP contribution in [-0.2, 0) is 27.4 Å². The zero-order valence-corrected chi connectivity index (χ0v) is 30.0. The lowest BCUT2D eigenvalue weighted by atomic mass is 9.97. The van der Waals surface area contributed by atoms with Crippen LogP contribution in [-0.4, -0.2) is 55.0 Å². The number of nitrogens with one attached hydrogen (secondary N) is 2. The number of aliphatic hydroxyl groups excluding tert-OH is 1. The summed E-state index contributed by atoms with van der Waals surface area (Å²) in [6.07, 6.45) is 2.34. The number of hydrogen-bond donors (Lipinski definition) is 3. The van der Waals surface area contributed by atoms with Crippen LogP contribution in [0.2, 0.25) is 0 Å². The third-order valence-electron chi connectivity index (χ3n) is 9.95. The second-order valence-electron chi connectivity index (χ2n) is 13.6. The molecule has 5 aromatic rings. The summed E-state index contributed by atoms with van der Waals surface area (Å²) in [5.74, 6) is 1.44. The first-order valence-corrected chi connectivity index (χ1v) is 18.3. The molecule has 2 aliphatic rings. The number of rotatable bonds is 13. The third-order valence-corrected chi connectivity index (χ3v) is 9.95. The first kappa shape index (κ1) is 36.3. The van der Waals surface area contributed by atoms with E-state index in [1.54, 1.807) is 7.11 Å². The first-order chi connectivity index (χ1) is 26.0. The smallest absolute Gasteiger partial charge is 0.319 e. The Morgan fingerprint density at radius 3 is 2.30 bits per heavy atom. The summed E-state index contributed by atoms with van der Waals surface area (Å²) in [6, 6.07) is 41.4. The molecule has 0 unspecified atom stereocenters. The van der Waals surface area contributed by atoms with Gasteiger partial charge in [0, 0.05) is 43.9 Å². The lowest BCUT2D eigenvalue weighted by molar-refractivity contribution is -0.253. The van der Waals surface area contributed by atoms with E-state index in [0.717, 1.165) is 78.1 Å². The summed E-state index contributed by atoms with van der Waals surface area (Å²) >= 11 is 0. The van der Waals surface area contributed by atoms with E-state index < -0.39 is 6.29 Å². The van der Waals surface area contributed by atoms with Crippen LogP contribution in [0.4, 0.5) is 10.5 Å². The summed E-state index contributed by atoms with van der Waals surface area (Å²) in [7, 11) is 1.77. The second kappa shape index (κ2) is 17.7. The number of amides is 2. The van der Waals surface area contributed by atoms with Crippen molar-refractivity contribution in [3.8, 4) is 22.6 Å². The summed E-state index contributed by atoms with van der Waals surface area (Å²) in [6.45, 7) is 2.94. The van der Waals surface area contributed by atoms with Crippen molar-refractivity contribution in [3.05, 3.63) is 150 Å². The Morgan fingerprint density at radius 2 is 1.55 bits per heavy atom. The van der Waals surface area contributed by atoms with E-state index >= 15 is 0 Å². The number of carbonyl (C=O) groups is 1. The largest absolute Gasteiger partial charge is 0.457 e. The number of urea groups is 1. The van der Waals surface area contributed by atoms with Gasteiger partial charge in [0.05, 0.1) is 25.4 Å². The van der Waals surface area contributed by atoms with Gasteiger partial charge in [0.25, 0.3) is 0 Å². The van der Waals surface area contributed by atoms with Crippen LogP contribution in [0.1, 0.15) is 53.9 Å². The van der Waals surface area contributed by atoms with Crippen molar-refractivity contribution in [1.82, 2.24) is 10.2 Å². The van der Waals surface area contributed by atoms with Crippen LogP contribution < -0.4 is 15.4 Å². The minimum atomic E-state index is -0.534. The van der Waals surface area contributed by atoms with E-state index in [4.69, 9.17) is 18.9 Å². The molecule has 7 rings (SSSR count).